The quantitative estimate of drug-likeness (QED) is 0.364. The van der Waals surface area contributed by atoms with E-state index in [2.05, 4.69) is 31.9 Å². The minimum Gasteiger partial charge on any atom is -0.399 e. The van der Waals surface area contributed by atoms with Gasteiger partial charge in [0.2, 0.25) is 0 Å². The number of benzene rings is 2. The van der Waals surface area contributed by atoms with Crippen molar-refractivity contribution in [1.29, 1.82) is 0 Å². The number of halogens is 2. The lowest BCUT2D eigenvalue weighted by Crippen LogP contribution is -1.87. The highest BCUT2D eigenvalue weighted by molar-refractivity contribution is 9.10. The van der Waals surface area contributed by atoms with Crippen molar-refractivity contribution in [3.8, 4) is 0 Å². The van der Waals surface area contributed by atoms with Crippen LogP contribution in [0.1, 0.15) is 11.1 Å². The Balaban J connectivity index is 0. The highest BCUT2D eigenvalue weighted by Crippen LogP contribution is 2.20. The average molecular weight is 490 g/mol. The molecule has 0 radical (unpaired) electrons. The second kappa shape index (κ2) is 14.7. The van der Waals surface area contributed by atoms with Gasteiger partial charge >= 0.3 is 12.3 Å². The molecule has 0 aliphatic heterocycles. The Morgan fingerprint density at radius 3 is 1.54 bits per heavy atom. The van der Waals surface area contributed by atoms with Crippen LogP contribution in [0.2, 0.25) is 0 Å². The number of nitro groups is 1. The number of nitrogens with zero attached hydrogens (tertiary/aromatic N) is 1. The zero-order valence-electron chi connectivity index (χ0n) is 13.7. The van der Waals surface area contributed by atoms with E-state index in [9.17, 15) is 10.1 Å². The van der Waals surface area contributed by atoms with Gasteiger partial charge in [0.15, 0.2) is 0 Å². The molecule has 0 atom stereocenters. The van der Waals surface area contributed by atoms with E-state index in [0.717, 1.165) is 20.2 Å². The number of nitrogens with two attached hydrogens (primary N) is 1. The van der Waals surface area contributed by atoms with Crippen LogP contribution in [0.3, 0.4) is 0 Å². The molecular formula is C16H14Br2N2O6. The summed E-state index contributed by atoms with van der Waals surface area (Å²) in [6, 6.07) is 10.7. The molecule has 0 aromatic heterocycles. The lowest BCUT2D eigenvalue weighted by atomic mass is 10.2. The molecular weight excluding hydrogens is 476 g/mol. The molecule has 10 heteroatoms. The molecule has 2 aromatic rings. The van der Waals surface area contributed by atoms with Gasteiger partial charge in [-0.15, -0.1) is 0 Å². The van der Waals surface area contributed by atoms with Gasteiger partial charge < -0.3 is 5.73 Å². The number of hydrogen-bond donors (Lipinski definition) is 1. The van der Waals surface area contributed by atoms with E-state index in [1.807, 2.05) is 38.1 Å². The molecule has 2 rings (SSSR count). The molecule has 2 aromatic carbocycles. The van der Waals surface area contributed by atoms with Gasteiger partial charge in [-0.3, -0.25) is 10.1 Å². The van der Waals surface area contributed by atoms with Gasteiger partial charge in [-0.05, 0) is 49.2 Å². The number of aryl methyl sites for hydroxylation is 2. The molecule has 0 unspecified atom stereocenters. The van der Waals surface area contributed by atoms with Gasteiger partial charge in [0.25, 0.3) is 5.69 Å². The van der Waals surface area contributed by atoms with Crippen molar-refractivity contribution >= 4 is 55.5 Å². The minimum atomic E-state index is -0.405. The molecule has 138 valence electrons. The average Bonchev–Trinajstić information content (AvgIpc) is 2.46. The fourth-order valence-corrected chi connectivity index (χ4v) is 2.81. The fraction of sp³-hybridized carbons (Fsp3) is 0.125. The monoisotopic (exact) mass is 488 g/mol. The minimum absolute atomic E-state index is 0.122. The van der Waals surface area contributed by atoms with Crippen LogP contribution in [0.4, 0.5) is 11.4 Å². The Hall–Kier alpha value is -2.64. The van der Waals surface area contributed by atoms with Gasteiger partial charge in [0.05, 0.1) is 4.92 Å². The predicted molar refractivity (Wildman–Crippen MR) is 98.8 cm³/mol. The number of carbonyl (C=O) groups excluding carboxylic acids is 4. The summed E-state index contributed by atoms with van der Waals surface area (Å²) in [5.41, 5.74) is 8.52. The van der Waals surface area contributed by atoms with Gasteiger partial charge in [0, 0.05) is 26.8 Å². The van der Waals surface area contributed by atoms with E-state index in [0.29, 0.717) is 0 Å². The summed E-state index contributed by atoms with van der Waals surface area (Å²) >= 11 is 6.51. The van der Waals surface area contributed by atoms with E-state index in [-0.39, 0.29) is 18.0 Å². The van der Waals surface area contributed by atoms with Crippen LogP contribution < -0.4 is 5.73 Å². The van der Waals surface area contributed by atoms with E-state index in [1.54, 1.807) is 0 Å². The molecule has 0 bridgehead atoms. The third-order valence-electron chi connectivity index (χ3n) is 2.30. The molecule has 0 aliphatic carbocycles. The Kier molecular flexibility index (Phi) is 14.5. The molecule has 0 amide bonds. The Morgan fingerprint density at radius 2 is 1.23 bits per heavy atom. The lowest BCUT2D eigenvalue weighted by molar-refractivity contribution is -0.385. The topological polar surface area (TPSA) is 137 Å². The molecule has 0 saturated heterocycles. The summed E-state index contributed by atoms with van der Waals surface area (Å²) < 4.78 is 1.78. The summed E-state index contributed by atoms with van der Waals surface area (Å²) in [6.07, 6.45) is 0.500. The zero-order valence-corrected chi connectivity index (χ0v) is 16.9. The lowest BCUT2D eigenvalue weighted by Gasteiger charge is -1.95. The fourth-order valence-electron chi connectivity index (χ4n) is 1.59. The first-order valence-corrected chi connectivity index (χ1v) is 8.12. The maximum Gasteiger partial charge on any atom is 0.373 e. The predicted octanol–water partition coefficient (Wildman–Crippen LogP) is 3.84. The number of nitrogen functional groups attached to an aromatic ring is 1. The first-order valence-electron chi connectivity index (χ1n) is 6.54. The van der Waals surface area contributed by atoms with Crippen LogP contribution in [0.5, 0.6) is 0 Å². The van der Waals surface area contributed by atoms with Crippen molar-refractivity contribution in [1.82, 2.24) is 0 Å². The molecule has 8 nitrogen and oxygen atoms in total. The van der Waals surface area contributed by atoms with Gasteiger partial charge in [0.1, 0.15) is 0 Å². The largest absolute Gasteiger partial charge is 0.399 e. The summed E-state index contributed by atoms with van der Waals surface area (Å²) in [5, 5.41) is 10.3. The van der Waals surface area contributed by atoms with E-state index < -0.39 is 4.92 Å². The molecule has 0 saturated carbocycles. The van der Waals surface area contributed by atoms with Crippen LogP contribution in [0.25, 0.3) is 0 Å². The van der Waals surface area contributed by atoms with Crippen LogP contribution in [0.15, 0.2) is 45.3 Å². The Morgan fingerprint density at radius 1 is 0.846 bits per heavy atom. The SMILES string of the molecule is Cc1cc(Br)cc([N+](=O)[O-])c1.Cc1cc(N)cc(Br)c1.O=C=O.O=C=O. The molecule has 0 heterocycles. The highest BCUT2D eigenvalue weighted by atomic mass is 79.9. The number of hydrogen-bond acceptors (Lipinski definition) is 7. The van der Waals surface area contributed by atoms with Gasteiger partial charge in [-0.25, -0.2) is 0 Å². The molecule has 0 spiro atoms. The summed E-state index contributed by atoms with van der Waals surface area (Å²) in [5.74, 6) is 0. The number of nitro benzene ring substituents is 1. The highest BCUT2D eigenvalue weighted by Gasteiger charge is 2.05. The number of anilines is 1. The van der Waals surface area contributed by atoms with E-state index >= 15 is 0 Å². The van der Waals surface area contributed by atoms with Crippen molar-refractivity contribution in [2.45, 2.75) is 13.8 Å². The van der Waals surface area contributed by atoms with Gasteiger partial charge in [-0.1, -0.05) is 31.9 Å². The third-order valence-corrected chi connectivity index (χ3v) is 3.22. The third kappa shape index (κ3) is 13.8. The molecule has 0 aliphatic rings. The standard InChI is InChI=1S/C7H6BrNO2.C7H8BrN.2CO2/c1-5-2-6(8)4-7(3-5)9(10)11;1-5-2-6(8)4-7(9)3-5;2*2-1-3/h2-4H,1H3;2-4H,9H2,1H3;;. The molecule has 26 heavy (non-hydrogen) atoms. The second-order valence-corrected chi connectivity index (χ2v) is 6.30. The van der Waals surface area contributed by atoms with Crippen LogP contribution >= 0.6 is 31.9 Å². The Bertz CT molecular complexity index is 717. The van der Waals surface area contributed by atoms with Gasteiger partial charge in [-0.2, -0.15) is 19.2 Å². The zero-order chi connectivity index (χ0) is 20.7. The smallest absolute Gasteiger partial charge is 0.373 e. The normalized spacial score (nSPS) is 8.00. The molecule has 0 fully saturated rings. The molecule has 2 N–H and O–H groups in total. The summed E-state index contributed by atoms with van der Waals surface area (Å²) in [6.45, 7) is 3.83. The van der Waals surface area contributed by atoms with Crippen LogP contribution in [-0.2, 0) is 19.2 Å². The maximum atomic E-state index is 10.3. The second-order valence-electron chi connectivity index (χ2n) is 4.47. The summed E-state index contributed by atoms with van der Waals surface area (Å²) in [7, 11) is 0. The maximum absolute atomic E-state index is 10.3. The Labute approximate surface area is 165 Å². The first kappa shape index (κ1) is 25.6. The van der Waals surface area contributed by atoms with Crippen molar-refractivity contribution in [2.75, 3.05) is 5.73 Å². The van der Waals surface area contributed by atoms with Crippen molar-refractivity contribution in [3.05, 3.63) is 66.6 Å². The first-order chi connectivity index (χ1) is 12.1. The van der Waals surface area contributed by atoms with Crippen LogP contribution in [0, 0.1) is 24.0 Å². The van der Waals surface area contributed by atoms with E-state index in [4.69, 9.17) is 24.9 Å². The number of non-ortho nitro benzene ring substituents is 1. The van der Waals surface area contributed by atoms with Crippen LogP contribution in [-0.4, -0.2) is 17.2 Å². The van der Waals surface area contributed by atoms with Crippen molar-refractivity contribution in [2.24, 2.45) is 0 Å². The van der Waals surface area contributed by atoms with Crippen molar-refractivity contribution in [3.63, 3.8) is 0 Å². The number of rotatable bonds is 1. The van der Waals surface area contributed by atoms with Crippen molar-refractivity contribution < 1.29 is 24.1 Å². The summed E-state index contributed by atoms with van der Waals surface area (Å²) in [4.78, 5) is 42.4. The van der Waals surface area contributed by atoms with E-state index in [1.165, 1.54) is 17.7 Å².